The first-order valence-corrected chi connectivity index (χ1v) is 7.67. The second kappa shape index (κ2) is 8.36. The Morgan fingerprint density at radius 2 is 1.67 bits per heavy atom. The Balaban J connectivity index is 2.26. The van der Waals surface area contributed by atoms with Crippen molar-refractivity contribution < 1.29 is 19.0 Å². The van der Waals surface area contributed by atoms with Crippen LogP contribution in [0.3, 0.4) is 0 Å². The Bertz CT molecular complexity index is 670. The van der Waals surface area contributed by atoms with Crippen molar-refractivity contribution in [2.75, 3.05) is 34.9 Å². The molecule has 0 saturated heterocycles. The zero-order valence-corrected chi connectivity index (χ0v) is 14.5. The van der Waals surface area contributed by atoms with Crippen LogP contribution in [-0.4, -0.2) is 45.7 Å². The van der Waals surface area contributed by atoms with Crippen molar-refractivity contribution in [2.24, 2.45) is 0 Å². The molecule has 128 valence electrons. The molecule has 0 amide bonds. The number of esters is 1. The molecule has 0 fully saturated rings. The van der Waals surface area contributed by atoms with Crippen LogP contribution in [0.25, 0.3) is 0 Å². The minimum Gasteiger partial charge on any atom is -0.493 e. The van der Waals surface area contributed by atoms with Crippen molar-refractivity contribution in [2.45, 2.75) is 6.10 Å². The summed E-state index contributed by atoms with van der Waals surface area (Å²) in [4.78, 5) is 14.4. The molecule has 0 aromatic heterocycles. The molecule has 2 aromatic rings. The van der Waals surface area contributed by atoms with Crippen molar-refractivity contribution in [3.8, 4) is 11.5 Å². The number of ether oxygens (including phenoxy) is 3. The second-order valence-electron chi connectivity index (χ2n) is 5.64. The maximum Gasteiger partial charge on any atom is 0.338 e. The number of hydrogen-bond acceptors (Lipinski definition) is 5. The van der Waals surface area contributed by atoms with E-state index < -0.39 is 6.10 Å². The molecule has 0 aliphatic rings. The molecule has 1 unspecified atom stereocenters. The molecule has 0 radical (unpaired) electrons. The molecule has 1 atom stereocenters. The average Bonchev–Trinajstić information content (AvgIpc) is 2.60. The van der Waals surface area contributed by atoms with Crippen LogP contribution in [0.1, 0.15) is 22.0 Å². The molecular formula is C19H23NO4. The lowest BCUT2D eigenvalue weighted by atomic mass is 10.1. The SMILES string of the molecule is COc1ccc(C(CN(C)C)OC(=O)c2ccccc2)cc1OC. The summed E-state index contributed by atoms with van der Waals surface area (Å²) in [5, 5.41) is 0. The van der Waals surface area contributed by atoms with Crippen LogP contribution < -0.4 is 9.47 Å². The quantitative estimate of drug-likeness (QED) is 0.730. The van der Waals surface area contributed by atoms with Crippen LogP contribution in [0, 0.1) is 0 Å². The van der Waals surface area contributed by atoms with Gasteiger partial charge in [-0.25, -0.2) is 4.79 Å². The predicted octanol–water partition coefficient (Wildman–Crippen LogP) is 3.16. The number of carbonyl (C=O) groups excluding carboxylic acids is 1. The molecule has 0 N–H and O–H groups in total. The largest absolute Gasteiger partial charge is 0.493 e. The fourth-order valence-corrected chi connectivity index (χ4v) is 2.37. The van der Waals surface area contributed by atoms with Crippen LogP contribution in [-0.2, 0) is 4.74 Å². The summed E-state index contributed by atoms with van der Waals surface area (Å²) in [5.74, 6) is 0.894. The van der Waals surface area contributed by atoms with E-state index >= 15 is 0 Å². The van der Waals surface area contributed by atoms with Gasteiger partial charge in [-0.2, -0.15) is 0 Å². The van der Waals surface area contributed by atoms with Gasteiger partial charge in [0.15, 0.2) is 11.5 Å². The Morgan fingerprint density at radius 3 is 2.25 bits per heavy atom. The third kappa shape index (κ3) is 4.49. The first-order valence-electron chi connectivity index (χ1n) is 7.67. The highest BCUT2D eigenvalue weighted by atomic mass is 16.5. The van der Waals surface area contributed by atoms with Crippen molar-refractivity contribution in [1.82, 2.24) is 4.90 Å². The number of rotatable bonds is 7. The van der Waals surface area contributed by atoms with Crippen molar-refractivity contribution in [3.05, 3.63) is 59.7 Å². The molecule has 0 spiro atoms. The Labute approximate surface area is 142 Å². The molecule has 0 aliphatic carbocycles. The smallest absolute Gasteiger partial charge is 0.338 e. The molecule has 0 bridgehead atoms. The predicted molar refractivity (Wildman–Crippen MR) is 92.7 cm³/mol. The van der Waals surface area contributed by atoms with Crippen LogP contribution in [0.5, 0.6) is 11.5 Å². The van der Waals surface area contributed by atoms with Crippen molar-refractivity contribution >= 4 is 5.97 Å². The monoisotopic (exact) mass is 329 g/mol. The van der Waals surface area contributed by atoms with E-state index in [9.17, 15) is 4.79 Å². The van der Waals surface area contributed by atoms with Crippen LogP contribution in [0.2, 0.25) is 0 Å². The Kier molecular flexibility index (Phi) is 6.21. The molecule has 5 nitrogen and oxygen atoms in total. The fourth-order valence-electron chi connectivity index (χ4n) is 2.37. The summed E-state index contributed by atoms with van der Waals surface area (Å²) >= 11 is 0. The average molecular weight is 329 g/mol. The van der Waals surface area contributed by atoms with Crippen LogP contribution in [0.4, 0.5) is 0 Å². The van der Waals surface area contributed by atoms with E-state index in [1.54, 1.807) is 26.4 Å². The summed E-state index contributed by atoms with van der Waals surface area (Å²) in [6, 6.07) is 14.5. The van der Waals surface area contributed by atoms with E-state index in [1.165, 1.54) is 0 Å². The molecule has 0 heterocycles. The zero-order valence-electron chi connectivity index (χ0n) is 14.5. The Morgan fingerprint density at radius 1 is 1.00 bits per heavy atom. The van der Waals surface area contributed by atoms with Crippen LogP contribution in [0.15, 0.2) is 48.5 Å². The first kappa shape index (κ1) is 17.8. The molecule has 2 rings (SSSR count). The van der Waals surface area contributed by atoms with E-state index in [2.05, 4.69) is 0 Å². The first-order chi connectivity index (χ1) is 11.5. The molecule has 0 aliphatic heterocycles. The highest BCUT2D eigenvalue weighted by Gasteiger charge is 2.20. The van der Waals surface area contributed by atoms with Gasteiger partial charge in [-0.1, -0.05) is 24.3 Å². The van der Waals surface area contributed by atoms with Gasteiger partial charge in [-0.05, 0) is 43.9 Å². The highest BCUT2D eigenvalue weighted by Crippen LogP contribution is 2.31. The van der Waals surface area contributed by atoms with Gasteiger partial charge in [0, 0.05) is 6.54 Å². The van der Waals surface area contributed by atoms with Gasteiger partial charge in [0.2, 0.25) is 0 Å². The number of hydrogen-bond donors (Lipinski definition) is 0. The van der Waals surface area contributed by atoms with Gasteiger partial charge >= 0.3 is 5.97 Å². The van der Waals surface area contributed by atoms with Crippen LogP contribution >= 0.6 is 0 Å². The van der Waals surface area contributed by atoms with E-state index in [0.717, 1.165) is 5.56 Å². The van der Waals surface area contributed by atoms with Gasteiger partial charge in [0.25, 0.3) is 0 Å². The molecule has 2 aromatic carbocycles. The lowest BCUT2D eigenvalue weighted by Gasteiger charge is -2.23. The summed E-state index contributed by atoms with van der Waals surface area (Å²) < 4.78 is 16.3. The summed E-state index contributed by atoms with van der Waals surface area (Å²) in [6.07, 6.45) is -0.410. The van der Waals surface area contributed by atoms with E-state index in [-0.39, 0.29) is 5.97 Å². The number of likely N-dealkylation sites (N-methyl/N-ethyl adjacent to an activating group) is 1. The Hall–Kier alpha value is -2.53. The van der Waals surface area contributed by atoms with E-state index in [0.29, 0.717) is 23.6 Å². The summed E-state index contributed by atoms with van der Waals surface area (Å²) in [5.41, 5.74) is 1.38. The van der Waals surface area contributed by atoms with Crippen molar-refractivity contribution in [1.29, 1.82) is 0 Å². The fraction of sp³-hybridized carbons (Fsp3) is 0.316. The van der Waals surface area contributed by atoms with Gasteiger partial charge in [0.1, 0.15) is 6.10 Å². The zero-order chi connectivity index (χ0) is 17.5. The van der Waals surface area contributed by atoms with Gasteiger partial charge < -0.3 is 19.1 Å². The van der Waals surface area contributed by atoms with E-state index in [1.807, 2.05) is 55.4 Å². The standard InChI is InChI=1S/C19H23NO4/c1-20(2)13-18(24-19(21)14-8-6-5-7-9-14)15-10-11-16(22-3)17(12-15)23-4/h5-12,18H,13H2,1-4H3. The number of nitrogens with zero attached hydrogens (tertiary/aromatic N) is 1. The number of methoxy groups -OCH3 is 2. The lowest BCUT2D eigenvalue weighted by Crippen LogP contribution is -2.24. The maximum atomic E-state index is 12.4. The topological polar surface area (TPSA) is 48.0 Å². The van der Waals surface area contributed by atoms with E-state index in [4.69, 9.17) is 14.2 Å². The second-order valence-corrected chi connectivity index (χ2v) is 5.64. The minimum atomic E-state index is -0.410. The van der Waals surface area contributed by atoms with Gasteiger partial charge in [-0.15, -0.1) is 0 Å². The van der Waals surface area contributed by atoms with Gasteiger partial charge in [-0.3, -0.25) is 0 Å². The molecular weight excluding hydrogens is 306 g/mol. The maximum absolute atomic E-state index is 12.4. The van der Waals surface area contributed by atoms with Crippen molar-refractivity contribution in [3.63, 3.8) is 0 Å². The van der Waals surface area contributed by atoms with Gasteiger partial charge in [0.05, 0.1) is 19.8 Å². The molecule has 24 heavy (non-hydrogen) atoms. The summed E-state index contributed by atoms with van der Waals surface area (Å²) in [7, 11) is 7.04. The highest BCUT2D eigenvalue weighted by molar-refractivity contribution is 5.89. The normalized spacial score (nSPS) is 11.9. The summed E-state index contributed by atoms with van der Waals surface area (Å²) in [6.45, 7) is 0.564. The minimum absolute atomic E-state index is 0.350. The molecule has 5 heteroatoms. The third-order valence-corrected chi connectivity index (χ3v) is 3.57. The number of benzene rings is 2. The molecule has 0 saturated carbocycles. The lowest BCUT2D eigenvalue weighted by molar-refractivity contribution is 0.0235. The third-order valence-electron chi connectivity index (χ3n) is 3.57. The number of carbonyl (C=O) groups is 1.